The van der Waals surface area contributed by atoms with Gasteiger partial charge in [0, 0.05) is 21.9 Å². The summed E-state index contributed by atoms with van der Waals surface area (Å²) in [6.45, 7) is 0. The fourth-order valence-corrected chi connectivity index (χ4v) is 5.69. The Bertz CT molecular complexity index is 2280. The lowest BCUT2D eigenvalue weighted by Crippen LogP contribution is -2.55. The van der Waals surface area contributed by atoms with Crippen molar-refractivity contribution in [1.29, 1.82) is 0 Å². The minimum Gasteiger partial charge on any atom is -0.455 e. The molecule has 0 N–H and O–H groups in total. The molecule has 7 aromatic rings. The molecule has 4 nitrogen and oxygen atoms in total. The summed E-state index contributed by atoms with van der Waals surface area (Å²) >= 11 is 0. The Morgan fingerprint density at radius 2 is 0.894 bits per heavy atom. The van der Waals surface area contributed by atoms with E-state index in [0.717, 1.165) is 21.9 Å². The first-order valence-electron chi connectivity index (χ1n) is 14.3. The summed E-state index contributed by atoms with van der Waals surface area (Å²) in [4.78, 5) is 14.2. The molecule has 0 aliphatic carbocycles. The maximum Gasteiger partial charge on any atom is 0.167 e. The van der Waals surface area contributed by atoms with E-state index >= 15 is 0 Å². The zero-order chi connectivity index (χ0) is 33.3. The summed E-state index contributed by atoms with van der Waals surface area (Å²) in [6, 6.07) is 21.7. The van der Waals surface area contributed by atoms with Gasteiger partial charge in [-0.25, -0.2) is 15.0 Å². The molecule has 0 fully saturated rings. The first-order valence-corrected chi connectivity index (χ1v) is 14.3. The fraction of sp³-hybridized carbons (Fsp3) is 0. The molecule has 0 spiro atoms. The average molecular weight is 574 g/mol. The van der Waals surface area contributed by atoms with Crippen molar-refractivity contribution in [2.75, 3.05) is 0 Å². The van der Waals surface area contributed by atoms with Crippen molar-refractivity contribution in [3.05, 3.63) is 66.7 Å². The van der Waals surface area contributed by atoms with Crippen LogP contribution in [-0.4, -0.2) is 93.4 Å². The first kappa shape index (κ1) is 31.2. The third kappa shape index (κ3) is 4.96. The van der Waals surface area contributed by atoms with Crippen molar-refractivity contribution in [3.8, 4) is 45.3 Å². The van der Waals surface area contributed by atoms with Crippen LogP contribution in [0.25, 0.3) is 67.2 Å². The highest BCUT2D eigenvalue weighted by Crippen LogP contribution is 2.37. The van der Waals surface area contributed by atoms with Crippen LogP contribution in [0.2, 0.25) is 0 Å². The molecule has 0 aliphatic heterocycles. The Hall–Kier alpha value is -4.44. The van der Waals surface area contributed by atoms with E-state index in [1.807, 2.05) is 60.7 Å². The van der Waals surface area contributed by atoms with Gasteiger partial charge in [0.2, 0.25) is 0 Å². The summed E-state index contributed by atoms with van der Waals surface area (Å²) < 4.78 is 6.41. The lowest BCUT2D eigenvalue weighted by atomic mass is 9.60. The van der Waals surface area contributed by atoms with Gasteiger partial charge in [0.25, 0.3) is 0 Å². The summed E-state index contributed by atoms with van der Waals surface area (Å²) in [6.07, 6.45) is 0. The standard InChI is InChI=1S/C33H11B10N3O/c34-20-18(21(35)25(39)28(42)24(20)38)32-44-31(45-33(46-32)19-22(36)26(40)29(43)27(41)23(19)37)15-8-4-7-14-16-11-13(12-5-2-1-3-6-12)9-10-17(16)47-30(14)15/h1-11H. The van der Waals surface area contributed by atoms with Gasteiger partial charge >= 0.3 is 0 Å². The van der Waals surface area contributed by atoms with Gasteiger partial charge in [-0.05, 0) is 29.3 Å². The van der Waals surface area contributed by atoms with E-state index in [0.29, 0.717) is 16.7 Å². The van der Waals surface area contributed by atoms with E-state index in [-0.39, 0.29) is 83.2 Å². The Balaban J connectivity index is 1.54. The molecule has 194 valence electrons. The zero-order valence-corrected chi connectivity index (χ0v) is 24.9. The van der Waals surface area contributed by atoms with Crippen molar-refractivity contribution in [2.45, 2.75) is 0 Å². The van der Waals surface area contributed by atoms with Gasteiger partial charge in [-0.1, -0.05) is 70.4 Å². The molecule has 0 atom stereocenters. The zero-order valence-electron chi connectivity index (χ0n) is 24.9. The third-order valence-electron chi connectivity index (χ3n) is 8.33. The Morgan fingerprint density at radius 3 is 1.43 bits per heavy atom. The van der Waals surface area contributed by atoms with Gasteiger partial charge in [-0.3, -0.25) is 0 Å². The van der Waals surface area contributed by atoms with Crippen LogP contribution in [0.4, 0.5) is 0 Å². The molecular formula is C33H11B10N3O. The average Bonchev–Trinajstić information content (AvgIpc) is 3.47. The van der Waals surface area contributed by atoms with E-state index in [1.165, 1.54) is 0 Å². The van der Waals surface area contributed by atoms with Crippen molar-refractivity contribution in [2.24, 2.45) is 0 Å². The highest BCUT2D eigenvalue weighted by molar-refractivity contribution is 6.69. The molecular weight excluding hydrogens is 563 g/mol. The van der Waals surface area contributed by atoms with Crippen LogP contribution in [-0.2, 0) is 0 Å². The van der Waals surface area contributed by atoms with Crippen molar-refractivity contribution < 1.29 is 4.42 Å². The fourth-order valence-electron chi connectivity index (χ4n) is 5.69. The second-order valence-electron chi connectivity index (χ2n) is 11.1. The van der Waals surface area contributed by atoms with Gasteiger partial charge < -0.3 is 4.42 Å². The molecule has 2 aromatic heterocycles. The molecule has 7 rings (SSSR count). The van der Waals surface area contributed by atoms with E-state index in [1.54, 1.807) is 0 Å². The number of hydrogen-bond donors (Lipinski definition) is 0. The number of hydrogen-bond acceptors (Lipinski definition) is 4. The minimum atomic E-state index is 0.00523. The normalized spacial score (nSPS) is 11.4. The Morgan fingerprint density at radius 1 is 0.404 bits per heavy atom. The molecule has 2 heterocycles. The SMILES string of the molecule is [B]c1c([B])c([B])c(-c2nc(-c3c([B])c([B])c([B])c([B])c3[B])nc(-c3cccc4c3oc3ccc(-c5ccccc5)cc34)n2)c([B])c1[B]. The first-order chi connectivity index (χ1) is 22.5. The van der Waals surface area contributed by atoms with Crippen molar-refractivity contribution in [1.82, 2.24) is 15.0 Å². The largest absolute Gasteiger partial charge is 0.455 e. The van der Waals surface area contributed by atoms with Crippen molar-refractivity contribution in [3.63, 3.8) is 0 Å². The molecule has 0 aliphatic rings. The van der Waals surface area contributed by atoms with Gasteiger partial charge in [-0.2, -0.15) is 0 Å². The van der Waals surface area contributed by atoms with E-state index in [9.17, 15) is 0 Å². The lowest BCUT2D eigenvalue weighted by Gasteiger charge is -2.22. The summed E-state index contributed by atoms with van der Waals surface area (Å²) in [5.74, 6) is 0.176. The van der Waals surface area contributed by atoms with Crippen LogP contribution < -0.4 is 54.6 Å². The minimum absolute atomic E-state index is 0.00523. The molecule has 0 amide bonds. The number of para-hydroxylation sites is 1. The maximum absolute atomic E-state index is 6.43. The summed E-state index contributed by atoms with van der Waals surface area (Å²) in [5, 5.41) is 1.73. The smallest absolute Gasteiger partial charge is 0.167 e. The quantitative estimate of drug-likeness (QED) is 0.204. The van der Waals surface area contributed by atoms with Crippen molar-refractivity contribution >= 4 is 155 Å². The maximum atomic E-state index is 6.43. The van der Waals surface area contributed by atoms with Crippen LogP contribution in [0.3, 0.4) is 0 Å². The molecule has 0 saturated carbocycles. The van der Waals surface area contributed by atoms with Crippen LogP contribution in [0.5, 0.6) is 0 Å². The Kier molecular flexibility index (Phi) is 7.74. The number of furan rings is 1. The van der Waals surface area contributed by atoms with Crippen LogP contribution in [0, 0.1) is 0 Å². The molecule has 5 aromatic carbocycles. The van der Waals surface area contributed by atoms with Gasteiger partial charge in [0.1, 0.15) is 89.6 Å². The second-order valence-corrected chi connectivity index (χ2v) is 11.1. The summed E-state index contributed by atoms with van der Waals surface area (Å²) in [5.41, 5.74) is 4.30. The van der Waals surface area contributed by atoms with Gasteiger partial charge in [0.15, 0.2) is 17.5 Å². The molecule has 20 radical (unpaired) electrons. The van der Waals surface area contributed by atoms with E-state index in [4.69, 9.17) is 92.8 Å². The predicted octanol–water partition coefficient (Wildman–Crippen LogP) is -3.62. The topological polar surface area (TPSA) is 51.8 Å². The number of benzene rings is 5. The van der Waals surface area contributed by atoms with Gasteiger partial charge in [0.05, 0.1) is 5.56 Å². The number of nitrogens with zero attached hydrogens (tertiary/aromatic N) is 3. The monoisotopic (exact) mass is 575 g/mol. The van der Waals surface area contributed by atoms with Crippen LogP contribution in [0.1, 0.15) is 0 Å². The van der Waals surface area contributed by atoms with E-state index in [2.05, 4.69) is 11.1 Å². The number of rotatable bonds is 4. The summed E-state index contributed by atoms with van der Waals surface area (Å²) in [7, 11) is 62.7. The molecule has 0 saturated heterocycles. The molecule has 0 unspecified atom stereocenters. The highest BCUT2D eigenvalue weighted by Gasteiger charge is 2.22. The predicted molar refractivity (Wildman–Crippen MR) is 203 cm³/mol. The van der Waals surface area contributed by atoms with E-state index < -0.39 is 0 Å². The highest BCUT2D eigenvalue weighted by atomic mass is 16.3. The molecule has 47 heavy (non-hydrogen) atoms. The third-order valence-corrected chi connectivity index (χ3v) is 8.33. The van der Waals surface area contributed by atoms with Crippen LogP contribution in [0.15, 0.2) is 71.1 Å². The number of aromatic nitrogens is 3. The second kappa shape index (κ2) is 11.7. The molecule has 0 bridgehead atoms. The van der Waals surface area contributed by atoms with Crippen LogP contribution >= 0.6 is 0 Å². The lowest BCUT2D eigenvalue weighted by molar-refractivity contribution is 0.669. The van der Waals surface area contributed by atoms with Gasteiger partial charge in [-0.15, -0.1) is 32.8 Å². The Labute approximate surface area is 285 Å². The molecule has 14 heteroatoms. The number of fused-ring (bicyclic) bond motifs is 3.